The van der Waals surface area contributed by atoms with E-state index in [0.29, 0.717) is 11.6 Å². The van der Waals surface area contributed by atoms with Crippen molar-refractivity contribution in [2.75, 3.05) is 6.54 Å². The second-order valence-corrected chi connectivity index (χ2v) is 6.37. The minimum atomic E-state index is 0.459. The number of hydrogen-bond acceptors (Lipinski definition) is 1. The first kappa shape index (κ1) is 10.8. The second kappa shape index (κ2) is 3.71. The third-order valence-electron chi connectivity index (χ3n) is 5.32. The maximum atomic E-state index is 2.80. The van der Waals surface area contributed by atoms with Crippen LogP contribution in [0.5, 0.6) is 0 Å². The van der Waals surface area contributed by atoms with Gasteiger partial charge in [-0.15, -0.1) is 0 Å². The molecule has 2 atom stereocenters. The standard InChI is InChI=1S/C17H21N/c1-17-10-4-12-18(17)16-8-7-13-5-2-3-6-14(13)15(16)9-11-17/h2-3,5-6,9,16H,4,7-8,10-12H2,1H3/t16-,17-/m0/s1. The minimum Gasteiger partial charge on any atom is -0.291 e. The molecule has 1 fully saturated rings. The van der Waals surface area contributed by atoms with Crippen molar-refractivity contribution in [3.8, 4) is 0 Å². The van der Waals surface area contributed by atoms with E-state index in [9.17, 15) is 0 Å². The number of hydrogen-bond donors (Lipinski definition) is 0. The molecule has 0 unspecified atom stereocenters. The van der Waals surface area contributed by atoms with E-state index < -0.39 is 0 Å². The summed E-state index contributed by atoms with van der Waals surface area (Å²) in [6.45, 7) is 3.77. The highest BCUT2D eigenvalue weighted by atomic mass is 15.2. The topological polar surface area (TPSA) is 3.24 Å². The molecule has 1 aliphatic carbocycles. The van der Waals surface area contributed by atoms with Gasteiger partial charge in [-0.25, -0.2) is 0 Å². The highest BCUT2D eigenvalue weighted by molar-refractivity contribution is 5.75. The van der Waals surface area contributed by atoms with Gasteiger partial charge in [0.1, 0.15) is 0 Å². The van der Waals surface area contributed by atoms with Crippen LogP contribution in [-0.2, 0) is 6.42 Å². The lowest BCUT2D eigenvalue weighted by molar-refractivity contribution is 0.114. The van der Waals surface area contributed by atoms with Crippen molar-refractivity contribution >= 4 is 5.57 Å². The average molecular weight is 239 g/mol. The van der Waals surface area contributed by atoms with Gasteiger partial charge in [0.25, 0.3) is 0 Å². The van der Waals surface area contributed by atoms with Crippen molar-refractivity contribution in [2.45, 2.75) is 50.6 Å². The Bertz CT molecular complexity index is 516. The molecule has 2 aliphatic heterocycles. The molecular formula is C17H21N. The highest BCUT2D eigenvalue weighted by Gasteiger charge is 2.44. The van der Waals surface area contributed by atoms with E-state index in [4.69, 9.17) is 0 Å². The number of benzene rings is 1. The molecule has 1 aromatic rings. The quantitative estimate of drug-likeness (QED) is 0.668. The molecule has 18 heavy (non-hydrogen) atoms. The van der Waals surface area contributed by atoms with Crippen LogP contribution in [0, 0.1) is 0 Å². The molecule has 0 N–H and O–H groups in total. The van der Waals surface area contributed by atoms with Gasteiger partial charge >= 0.3 is 0 Å². The van der Waals surface area contributed by atoms with Crippen LogP contribution >= 0.6 is 0 Å². The molecule has 0 radical (unpaired) electrons. The Balaban J connectivity index is 1.81. The van der Waals surface area contributed by atoms with Gasteiger partial charge in [-0.05, 0) is 62.3 Å². The van der Waals surface area contributed by atoms with Gasteiger partial charge in [-0.1, -0.05) is 30.3 Å². The van der Waals surface area contributed by atoms with Crippen molar-refractivity contribution < 1.29 is 0 Å². The zero-order valence-corrected chi connectivity index (χ0v) is 11.2. The molecule has 0 bridgehead atoms. The molecule has 94 valence electrons. The molecule has 3 aliphatic rings. The summed E-state index contributed by atoms with van der Waals surface area (Å²) >= 11 is 0. The molecular weight excluding hydrogens is 218 g/mol. The van der Waals surface area contributed by atoms with E-state index in [1.807, 2.05) is 0 Å². The summed E-state index contributed by atoms with van der Waals surface area (Å²) < 4.78 is 0. The number of rotatable bonds is 0. The molecule has 0 aromatic heterocycles. The SMILES string of the molecule is C[C@]12CC=C3c4ccccc4CC[C@@H]3N1CCC2. The van der Waals surface area contributed by atoms with Gasteiger partial charge in [-0.3, -0.25) is 4.90 Å². The van der Waals surface area contributed by atoms with E-state index >= 15 is 0 Å². The smallest absolute Gasteiger partial charge is 0.0359 e. The van der Waals surface area contributed by atoms with Crippen LogP contribution in [0.2, 0.25) is 0 Å². The maximum absolute atomic E-state index is 2.80. The monoisotopic (exact) mass is 239 g/mol. The third-order valence-corrected chi connectivity index (χ3v) is 5.32. The van der Waals surface area contributed by atoms with Crippen molar-refractivity contribution in [3.05, 3.63) is 41.5 Å². The van der Waals surface area contributed by atoms with Gasteiger partial charge in [0, 0.05) is 11.6 Å². The third kappa shape index (κ3) is 1.37. The average Bonchev–Trinajstić information content (AvgIpc) is 2.80. The van der Waals surface area contributed by atoms with Crippen LogP contribution in [-0.4, -0.2) is 23.0 Å². The lowest BCUT2D eigenvalue weighted by Crippen LogP contribution is -2.51. The first-order valence-corrected chi connectivity index (χ1v) is 7.33. The molecule has 0 saturated carbocycles. The Morgan fingerprint density at radius 3 is 3.11 bits per heavy atom. The van der Waals surface area contributed by atoms with E-state index in [1.54, 1.807) is 11.1 Å². The predicted molar refractivity (Wildman–Crippen MR) is 75.5 cm³/mol. The van der Waals surface area contributed by atoms with E-state index in [2.05, 4.69) is 42.2 Å². The van der Waals surface area contributed by atoms with Gasteiger partial charge in [-0.2, -0.15) is 0 Å². The molecule has 2 heterocycles. The molecule has 4 rings (SSSR count). The zero-order chi connectivity index (χ0) is 12.2. The fourth-order valence-electron chi connectivity index (χ4n) is 4.34. The van der Waals surface area contributed by atoms with Crippen molar-refractivity contribution in [2.24, 2.45) is 0 Å². The lowest BCUT2D eigenvalue weighted by atomic mass is 9.77. The number of aryl methyl sites for hydroxylation is 1. The predicted octanol–water partition coefficient (Wildman–Crippen LogP) is 3.64. The Kier molecular flexibility index (Phi) is 2.23. The fourth-order valence-corrected chi connectivity index (χ4v) is 4.34. The Hall–Kier alpha value is -1.08. The summed E-state index contributed by atoms with van der Waals surface area (Å²) in [4.78, 5) is 2.80. The van der Waals surface area contributed by atoms with Gasteiger partial charge in [0.15, 0.2) is 0 Å². The van der Waals surface area contributed by atoms with Crippen LogP contribution in [0.25, 0.3) is 5.57 Å². The molecule has 1 heteroatoms. The van der Waals surface area contributed by atoms with Crippen LogP contribution in [0.1, 0.15) is 43.7 Å². The van der Waals surface area contributed by atoms with Crippen LogP contribution in [0.4, 0.5) is 0 Å². The van der Waals surface area contributed by atoms with E-state index in [0.717, 1.165) is 0 Å². The zero-order valence-electron chi connectivity index (χ0n) is 11.2. The lowest BCUT2D eigenvalue weighted by Gasteiger charge is -2.47. The van der Waals surface area contributed by atoms with Crippen molar-refractivity contribution in [3.63, 3.8) is 0 Å². The Morgan fingerprint density at radius 2 is 2.17 bits per heavy atom. The molecule has 1 saturated heterocycles. The largest absolute Gasteiger partial charge is 0.291 e. The van der Waals surface area contributed by atoms with Crippen molar-refractivity contribution in [1.29, 1.82) is 0 Å². The second-order valence-electron chi connectivity index (χ2n) is 6.37. The summed E-state index contributed by atoms with van der Waals surface area (Å²) in [5, 5.41) is 0. The van der Waals surface area contributed by atoms with E-state index in [1.165, 1.54) is 44.2 Å². The first-order valence-electron chi connectivity index (χ1n) is 7.33. The van der Waals surface area contributed by atoms with Gasteiger partial charge in [0.2, 0.25) is 0 Å². The highest BCUT2D eigenvalue weighted by Crippen LogP contribution is 2.46. The maximum Gasteiger partial charge on any atom is 0.0359 e. The normalized spacial score (nSPS) is 34.5. The fraction of sp³-hybridized carbons (Fsp3) is 0.529. The summed E-state index contributed by atoms with van der Waals surface area (Å²) in [5.74, 6) is 0. The summed E-state index contributed by atoms with van der Waals surface area (Å²) in [7, 11) is 0. The molecule has 0 amide bonds. The minimum absolute atomic E-state index is 0.459. The molecule has 1 aromatic carbocycles. The Morgan fingerprint density at radius 1 is 1.28 bits per heavy atom. The van der Waals surface area contributed by atoms with Gasteiger partial charge < -0.3 is 0 Å². The van der Waals surface area contributed by atoms with Crippen LogP contribution in [0.3, 0.4) is 0 Å². The van der Waals surface area contributed by atoms with E-state index in [-0.39, 0.29) is 0 Å². The molecule has 0 spiro atoms. The first-order chi connectivity index (χ1) is 8.78. The Labute approximate surface area is 109 Å². The van der Waals surface area contributed by atoms with Crippen molar-refractivity contribution in [1.82, 2.24) is 4.90 Å². The number of fused-ring (bicyclic) bond motifs is 5. The molecule has 1 nitrogen and oxygen atoms in total. The number of nitrogens with zero attached hydrogens (tertiary/aromatic N) is 1. The van der Waals surface area contributed by atoms with Crippen LogP contribution < -0.4 is 0 Å². The summed E-state index contributed by atoms with van der Waals surface area (Å²) in [6.07, 6.45) is 9.13. The summed E-state index contributed by atoms with van der Waals surface area (Å²) in [5.41, 5.74) is 5.17. The summed E-state index contributed by atoms with van der Waals surface area (Å²) in [6, 6.07) is 9.71. The van der Waals surface area contributed by atoms with Gasteiger partial charge in [0.05, 0.1) is 0 Å². The van der Waals surface area contributed by atoms with Crippen LogP contribution in [0.15, 0.2) is 30.3 Å².